The summed E-state index contributed by atoms with van der Waals surface area (Å²) in [7, 11) is 1.80. The number of carbonyl (C=O) groups is 1. The van der Waals surface area contributed by atoms with E-state index in [0.29, 0.717) is 11.3 Å². The van der Waals surface area contributed by atoms with Gasteiger partial charge in [0.2, 0.25) is 0 Å². The number of ketones is 1. The molecule has 0 atom stereocenters. The Morgan fingerprint density at radius 1 is 1.82 bits per heavy atom. The molecule has 0 aliphatic heterocycles. The molecule has 0 fully saturated rings. The standard InChI is InChI=1S/C7H10N2OS/c1-9-4-6(3-8-9)7(10)5-11-2/h3-4H,5H2,1-2H3. The Morgan fingerprint density at radius 3 is 3.00 bits per heavy atom. The molecule has 1 heterocycles. The number of aromatic nitrogens is 2. The smallest absolute Gasteiger partial charge is 0.175 e. The van der Waals surface area contributed by atoms with Gasteiger partial charge in [0.15, 0.2) is 5.78 Å². The molecule has 1 aromatic heterocycles. The third-order valence-corrected chi connectivity index (χ3v) is 1.85. The minimum Gasteiger partial charge on any atom is -0.293 e. The van der Waals surface area contributed by atoms with E-state index in [2.05, 4.69) is 5.10 Å². The predicted molar refractivity (Wildman–Crippen MR) is 45.9 cm³/mol. The average molecular weight is 170 g/mol. The lowest BCUT2D eigenvalue weighted by Gasteiger charge is -1.90. The molecule has 0 saturated heterocycles. The molecule has 0 N–H and O–H groups in total. The maximum Gasteiger partial charge on any atom is 0.175 e. The second-order valence-corrected chi connectivity index (χ2v) is 3.12. The summed E-state index contributed by atoms with van der Waals surface area (Å²) in [5.41, 5.74) is 0.696. The van der Waals surface area contributed by atoms with Gasteiger partial charge in [0, 0.05) is 13.2 Å². The Hall–Kier alpha value is -0.770. The Kier molecular flexibility index (Phi) is 2.70. The van der Waals surface area contributed by atoms with Gasteiger partial charge in [0.25, 0.3) is 0 Å². The maximum atomic E-state index is 11.2. The fraction of sp³-hybridized carbons (Fsp3) is 0.429. The topological polar surface area (TPSA) is 34.9 Å². The van der Waals surface area contributed by atoms with E-state index in [9.17, 15) is 4.79 Å². The summed E-state index contributed by atoms with van der Waals surface area (Å²) in [5, 5.41) is 3.91. The monoisotopic (exact) mass is 170 g/mol. The third kappa shape index (κ3) is 2.08. The van der Waals surface area contributed by atoms with Crippen molar-refractivity contribution in [3.05, 3.63) is 18.0 Å². The molecular formula is C7H10N2OS. The van der Waals surface area contributed by atoms with Crippen LogP contribution in [0.25, 0.3) is 0 Å². The first-order valence-electron chi connectivity index (χ1n) is 3.25. The molecule has 0 aromatic carbocycles. The number of rotatable bonds is 3. The SMILES string of the molecule is CSCC(=O)c1cnn(C)c1. The Balaban J connectivity index is 2.69. The third-order valence-electron chi connectivity index (χ3n) is 1.30. The van der Waals surface area contributed by atoms with Crippen molar-refractivity contribution in [3.8, 4) is 0 Å². The van der Waals surface area contributed by atoms with E-state index in [1.807, 2.05) is 6.26 Å². The van der Waals surface area contributed by atoms with Gasteiger partial charge < -0.3 is 0 Å². The van der Waals surface area contributed by atoms with Gasteiger partial charge in [0.1, 0.15) is 0 Å². The van der Waals surface area contributed by atoms with Crippen LogP contribution >= 0.6 is 11.8 Å². The molecule has 11 heavy (non-hydrogen) atoms. The van der Waals surface area contributed by atoms with E-state index in [1.165, 1.54) is 11.8 Å². The summed E-state index contributed by atoms with van der Waals surface area (Å²) in [6.45, 7) is 0. The van der Waals surface area contributed by atoms with Gasteiger partial charge in [-0.15, -0.1) is 0 Å². The molecule has 0 aliphatic rings. The van der Waals surface area contributed by atoms with E-state index in [-0.39, 0.29) is 5.78 Å². The van der Waals surface area contributed by atoms with Crippen molar-refractivity contribution in [1.82, 2.24) is 9.78 Å². The van der Waals surface area contributed by atoms with Gasteiger partial charge in [0.05, 0.1) is 17.5 Å². The molecular weight excluding hydrogens is 160 g/mol. The van der Waals surface area contributed by atoms with Gasteiger partial charge in [-0.05, 0) is 6.26 Å². The number of hydrogen-bond acceptors (Lipinski definition) is 3. The van der Waals surface area contributed by atoms with E-state index in [1.54, 1.807) is 24.1 Å². The van der Waals surface area contributed by atoms with E-state index < -0.39 is 0 Å². The number of aryl methyl sites for hydroxylation is 1. The van der Waals surface area contributed by atoms with Crippen molar-refractivity contribution >= 4 is 17.5 Å². The lowest BCUT2D eigenvalue weighted by atomic mass is 10.3. The molecule has 0 radical (unpaired) electrons. The summed E-state index contributed by atoms with van der Waals surface area (Å²) < 4.78 is 1.63. The highest BCUT2D eigenvalue weighted by molar-refractivity contribution is 7.99. The highest BCUT2D eigenvalue weighted by Crippen LogP contribution is 2.02. The van der Waals surface area contributed by atoms with Crippen LogP contribution in [0.1, 0.15) is 10.4 Å². The maximum absolute atomic E-state index is 11.2. The summed E-state index contributed by atoms with van der Waals surface area (Å²) in [6.07, 6.45) is 5.24. The molecule has 1 aromatic rings. The molecule has 4 heteroatoms. The first-order chi connectivity index (χ1) is 5.24. The molecule has 1 rings (SSSR count). The fourth-order valence-corrected chi connectivity index (χ4v) is 1.21. The van der Waals surface area contributed by atoms with Crippen LogP contribution in [-0.4, -0.2) is 27.6 Å². The predicted octanol–water partition coefficient (Wildman–Crippen LogP) is 0.966. The summed E-state index contributed by atoms with van der Waals surface area (Å²) >= 11 is 1.53. The lowest BCUT2D eigenvalue weighted by Crippen LogP contribution is -1.99. The minimum atomic E-state index is 0.144. The Labute approximate surface area is 69.8 Å². The van der Waals surface area contributed by atoms with Crippen LogP contribution in [0.15, 0.2) is 12.4 Å². The second-order valence-electron chi connectivity index (χ2n) is 2.26. The molecule has 0 aliphatic carbocycles. The zero-order valence-corrected chi connectivity index (χ0v) is 7.39. The molecule has 0 spiro atoms. The Morgan fingerprint density at radius 2 is 2.55 bits per heavy atom. The minimum absolute atomic E-state index is 0.144. The van der Waals surface area contributed by atoms with Gasteiger partial charge in [-0.2, -0.15) is 16.9 Å². The van der Waals surface area contributed by atoms with E-state index >= 15 is 0 Å². The number of Topliss-reactive ketones (excluding diaryl/α,β-unsaturated/α-hetero) is 1. The van der Waals surface area contributed by atoms with Crippen LogP contribution < -0.4 is 0 Å². The first-order valence-corrected chi connectivity index (χ1v) is 4.64. The largest absolute Gasteiger partial charge is 0.293 e. The van der Waals surface area contributed by atoms with Gasteiger partial charge in [-0.25, -0.2) is 0 Å². The van der Waals surface area contributed by atoms with Gasteiger partial charge in [-0.1, -0.05) is 0 Å². The van der Waals surface area contributed by atoms with Crippen molar-refractivity contribution in [2.75, 3.05) is 12.0 Å². The highest BCUT2D eigenvalue weighted by Gasteiger charge is 2.05. The fourth-order valence-electron chi connectivity index (χ4n) is 0.780. The summed E-state index contributed by atoms with van der Waals surface area (Å²) in [4.78, 5) is 11.2. The molecule has 60 valence electrons. The van der Waals surface area contributed by atoms with Gasteiger partial charge >= 0.3 is 0 Å². The normalized spacial score (nSPS) is 10.0. The van der Waals surface area contributed by atoms with Crippen molar-refractivity contribution in [1.29, 1.82) is 0 Å². The molecule has 0 amide bonds. The van der Waals surface area contributed by atoms with Crippen molar-refractivity contribution < 1.29 is 4.79 Å². The molecule has 0 unspecified atom stereocenters. The first kappa shape index (κ1) is 8.33. The van der Waals surface area contributed by atoms with Crippen LogP contribution in [0, 0.1) is 0 Å². The number of thioether (sulfide) groups is 1. The number of nitrogens with zero attached hydrogens (tertiary/aromatic N) is 2. The zero-order valence-electron chi connectivity index (χ0n) is 6.57. The van der Waals surface area contributed by atoms with Crippen molar-refractivity contribution in [3.63, 3.8) is 0 Å². The van der Waals surface area contributed by atoms with Gasteiger partial charge in [-0.3, -0.25) is 9.48 Å². The van der Waals surface area contributed by atoms with Crippen LogP contribution in [0.2, 0.25) is 0 Å². The lowest BCUT2D eigenvalue weighted by molar-refractivity contribution is 0.102. The summed E-state index contributed by atoms with van der Waals surface area (Å²) in [5.74, 6) is 0.678. The molecule has 0 saturated carbocycles. The van der Waals surface area contributed by atoms with E-state index in [0.717, 1.165) is 0 Å². The van der Waals surface area contributed by atoms with E-state index in [4.69, 9.17) is 0 Å². The van der Waals surface area contributed by atoms with Crippen LogP contribution in [0.3, 0.4) is 0 Å². The Bertz CT molecular complexity index is 257. The van der Waals surface area contributed by atoms with Crippen molar-refractivity contribution in [2.45, 2.75) is 0 Å². The second kappa shape index (κ2) is 3.57. The highest BCUT2D eigenvalue weighted by atomic mass is 32.2. The quantitative estimate of drug-likeness (QED) is 0.634. The van der Waals surface area contributed by atoms with Crippen LogP contribution in [0.5, 0.6) is 0 Å². The average Bonchev–Trinajstić information content (AvgIpc) is 2.36. The van der Waals surface area contributed by atoms with Crippen molar-refractivity contribution in [2.24, 2.45) is 7.05 Å². The number of hydrogen-bond donors (Lipinski definition) is 0. The van der Waals surface area contributed by atoms with Crippen LogP contribution in [-0.2, 0) is 7.05 Å². The summed E-state index contributed by atoms with van der Waals surface area (Å²) in [6, 6.07) is 0. The molecule has 3 nitrogen and oxygen atoms in total. The zero-order chi connectivity index (χ0) is 8.27. The molecule has 0 bridgehead atoms. The number of carbonyl (C=O) groups excluding carboxylic acids is 1. The van der Waals surface area contributed by atoms with Crippen LogP contribution in [0.4, 0.5) is 0 Å².